The zero-order valence-corrected chi connectivity index (χ0v) is 15.6. The van der Waals surface area contributed by atoms with E-state index in [2.05, 4.69) is 22.2 Å². The van der Waals surface area contributed by atoms with Crippen LogP contribution in [0.1, 0.15) is 41.5 Å². The van der Waals surface area contributed by atoms with Gasteiger partial charge in [-0.2, -0.15) is 0 Å². The van der Waals surface area contributed by atoms with Crippen molar-refractivity contribution in [1.29, 1.82) is 0 Å². The minimum absolute atomic E-state index is 0.0256. The molecule has 0 unspecified atom stereocenters. The number of likely N-dealkylation sites (tertiary alicyclic amines) is 1. The zero-order chi connectivity index (χ0) is 18.0. The maximum Gasteiger partial charge on any atom is 0.272 e. The Morgan fingerprint density at radius 1 is 1.20 bits per heavy atom. The number of carbonyl (C=O) groups excluding carboxylic acids is 1. The average molecular weight is 359 g/mol. The molecule has 1 amide bonds. The summed E-state index contributed by atoms with van der Waals surface area (Å²) in [6.45, 7) is 7.62. The lowest BCUT2D eigenvalue weighted by Crippen LogP contribution is -2.38. The molecule has 0 bridgehead atoms. The molecule has 1 aromatic heterocycles. The fourth-order valence-corrected chi connectivity index (χ4v) is 3.09. The van der Waals surface area contributed by atoms with Gasteiger partial charge in [-0.1, -0.05) is 24.6 Å². The van der Waals surface area contributed by atoms with E-state index < -0.39 is 0 Å². The fraction of sp³-hybridized carbons (Fsp3) is 0.421. The molecule has 5 nitrogen and oxygen atoms in total. The number of hydrogen-bond acceptors (Lipinski definition) is 4. The van der Waals surface area contributed by atoms with E-state index in [-0.39, 0.29) is 5.91 Å². The minimum atomic E-state index is -0.0256. The van der Waals surface area contributed by atoms with Crippen LogP contribution in [0.3, 0.4) is 0 Å². The third-order valence-corrected chi connectivity index (χ3v) is 4.98. The van der Waals surface area contributed by atoms with E-state index in [4.69, 9.17) is 11.6 Å². The molecule has 6 heteroatoms. The van der Waals surface area contributed by atoms with Crippen molar-refractivity contribution in [3.05, 3.63) is 46.2 Å². The largest absolute Gasteiger partial charge is 0.337 e. The van der Waals surface area contributed by atoms with Crippen LogP contribution in [0, 0.1) is 19.8 Å². The number of aryl methyl sites for hydroxylation is 2. The Labute approximate surface area is 153 Å². The van der Waals surface area contributed by atoms with Crippen LogP contribution in [-0.4, -0.2) is 33.9 Å². The quantitative estimate of drug-likeness (QED) is 0.885. The molecule has 1 fully saturated rings. The fourth-order valence-electron chi connectivity index (χ4n) is 2.91. The summed E-state index contributed by atoms with van der Waals surface area (Å²) in [6.07, 6.45) is 2.09. The number of carbonyl (C=O) groups is 1. The summed E-state index contributed by atoms with van der Waals surface area (Å²) < 4.78 is 0. The van der Waals surface area contributed by atoms with Crippen molar-refractivity contribution in [1.82, 2.24) is 14.9 Å². The summed E-state index contributed by atoms with van der Waals surface area (Å²) in [5.74, 6) is 1.07. The van der Waals surface area contributed by atoms with E-state index >= 15 is 0 Å². The van der Waals surface area contributed by atoms with Crippen LogP contribution in [0.25, 0.3) is 0 Å². The van der Waals surface area contributed by atoms with Crippen molar-refractivity contribution in [2.24, 2.45) is 5.92 Å². The first-order valence-corrected chi connectivity index (χ1v) is 8.98. The van der Waals surface area contributed by atoms with Crippen molar-refractivity contribution in [3.8, 4) is 0 Å². The molecule has 1 aliphatic rings. The van der Waals surface area contributed by atoms with Gasteiger partial charge in [0.05, 0.1) is 0 Å². The van der Waals surface area contributed by atoms with Crippen LogP contribution in [0.5, 0.6) is 0 Å². The van der Waals surface area contributed by atoms with E-state index in [1.54, 1.807) is 6.07 Å². The van der Waals surface area contributed by atoms with Crippen molar-refractivity contribution in [2.75, 3.05) is 18.4 Å². The molecule has 3 rings (SSSR count). The highest BCUT2D eigenvalue weighted by Gasteiger charge is 2.23. The van der Waals surface area contributed by atoms with E-state index in [1.807, 2.05) is 36.9 Å². The summed E-state index contributed by atoms with van der Waals surface area (Å²) >= 11 is 6.16. The first-order chi connectivity index (χ1) is 11.9. The Balaban J connectivity index is 1.80. The number of benzene rings is 1. The number of hydrogen-bond donors (Lipinski definition) is 1. The van der Waals surface area contributed by atoms with Crippen LogP contribution in [0.15, 0.2) is 24.3 Å². The van der Waals surface area contributed by atoms with Gasteiger partial charge < -0.3 is 10.2 Å². The van der Waals surface area contributed by atoms with Gasteiger partial charge in [-0.05, 0) is 56.4 Å². The molecule has 0 radical (unpaired) electrons. The number of piperidine rings is 1. The molecular weight excluding hydrogens is 336 g/mol. The van der Waals surface area contributed by atoms with Gasteiger partial charge in [0, 0.05) is 29.5 Å². The van der Waals surface area contributed by atoms with Crippen LogP contribution in [-0.2, 0) is 0 Å². The second kappa shape index (κ2) is 7.40. The van der Waals surface area contributed by atoms with Crippen molar-refractivity contribution in [2.45, 2.75) is 33.6 Å². The molecule has 25 heavy (non-hydrogen) atoms. The molecule has 132 valence electrons. The third kappa shape index (κ3) is 4.28. The van der Waals surface area contributed by atoms with Gasteiger partial charge in [0.1, 0.15) is 5.69 Å². The lowest BCUT2D eigenvalue weighted by Gasteiger charge is -2.30. The first-order valence-electron chi connectivity index (χ1n) is 8.60. The van der Waals surface area contributed by atoms with Crippen molar-refractivity contribution < 1.29 is 4.79 Å². The van der Waals surface area contributed by atoms with Crippen molar-refractivity contribution in [3.63, 3.8) is 0 Å². The SMILES string of the molecule is Cc1cc(C(=O)N2CCC(C)CC2)nc(Nc2ccc(C)c(Cl)c2)n1. The minimum Gasteiger partial charge on any atom is -0.337 e. The van der Waals surface area contributed by atoms with Crippen LogP contribution in [0.4, 0.5) is 11.6 Å². The molecule has 2 heterocycles. The van der Waals surface area contributed by atoms with Gasteiger partial charge in [0.15, 0.2) is 0 Å². The molecule has 0 aliphatic carbocycles. The average Bonchev–Trinajstić information content (AvgIpc) is 2.58. The van der Waals surface area contributed by atoms with Crippen LogP contribution < -0.4 is 5.32 Å². The normalized spacial score (nSPS) is 15.3. The van der Waals surface area contributed by atoms with Gasteiger partial charge in [0.25, 0.3) is 5.91 Å². The standard InChI is InChI=1S/C19H23ClN4O/c1-12-6-8-24(9-7-12)18(25)17-10-14(3)21-19(23-17)22-15-5-4-13(2)16(20)11-15/h4-5,10-12H,6-9H2,1-3H3,(H,21,22,23). The number of aromatic nitrogens is 2. The maximum atomic E-state index is 12.7. The zero-order valence-electron chi connectivity index (χ0n) is 14.8. The predicted molar refractivity (Wildman–Crippen MR) is 101 cm³/mol. The highest BCUT2D eigenvalue weighted by Crippen LogP contribution is 2.23. The molecule has 0 spiro atoms. The summed E-state index contributed by atoms with van der Waals surface area (Å²) in [5.41, 5.74) is 2.99. The van der Waals surface area contributed by atoms with Crippen molar-refractivity contribution >= 4 is 29.1 Å². The van der Waals surface area contributed by atoms with Gasteiger partial charge in [-0.25, -0.2) is 9.97 Å². The van der Waals surface area contributed by atoms with E-state index in [9.17, 15) is 4.79 Å². The number of rotatable bonds is 3. The Morgan fingerprint density at radius 3 is 2.60 bits per heavy atom. The molecule has 1 N–H and O–H groups in total. The molecule has 2 aromatic rings. The number of nitrogens with one attached hydrogen (secondary N) is 1. The van der Waals surface area contributed by atoms with E-state index in [0.717, 1.165) is 42.9 Å². The Morgan fingerprint density at radius 2 is 1.92 bits per heavy atom. The van der Waals surface area contributed by atoms with Gasteiger partial charge in [0.2, 0.25) is 5.95 Å². The third-order valence-electron chi connectivity index (χ3n) is 4.57. The Hall–Kier alpha value is -2.14. The van der Waals surface area contributed by atoms with Gasteiger partial charge in [-0.3, -0.25) is 4.79 Å². The maximum absolute atomic E-state index is 12.7. The number of halogens is 1. The Kier molecular flexibility index (Phi) is 5.23. The lowest BCUT2D eigenvalue weighted by molar-refractivity contribution is 0.0691. The smallest absolute Gasteiger partial charge is 0.272 e. The highest BCUT2D eigenvalue weighted by atomic mass is 35.5. The monoisotopic (exact) mass is 358 g/mol. The van der Waals surface area contributed by atoms with E-state index in [1.165, 1.54) is 0 Å². The molecule has 1 aliphatic heterocycles. The number of anilines is 2. The molecular formula is C19H23ClN4O. The van der Waals surface area contributed by atoms with Gasteiger partial charge in [-0.15, -0.1) is 0 Å². The predicted octanol–water partition coefficient (Wildman–Crippen LogP) is 4.36. The van der Waals surface area contributed by atoms with E-state index in [0.29, 0.717) is 22.6 Å². The first kappa shape index (κ1) is 17.7. The summed E-state index contributed by atoms with van der Waals surface area (Å²) in [4.78, 5) is 23.4. The number of nitrogens with zero attached hydrogens (tertiary/aromatic N) is 3. The summed E-state index contributed by atoms with van der Waals surface area (Å²) in [5, 5.41) is 3.82. The second-order valence-corrected chi connectivity index (χ2v) is 7.19. The molecule has 0 atom stereocenters. The molecule has 1 aromatic carbocycles. The summed E-state index contributed by atoms with van der Waals surface area (Å²) in [6, 6.07) is 7.42. The Bertz CT molecular complexity index is 785. The second-order valence-electron chi connectivity index (χ2n) is 6.78. The number of amides is 1. The topological polar surface area (TPSA) is 58.1 Å². The van der Waals surface area contributed by atoms with Crippen LogP contribution >= 0.6 is 11.6 Å². The van der Waals surface area contributed by atoms with Crippen LogP contribution in [0.2, 0.25) is 5.02 Å². The highest BCUT2D eigenvalue weighted by molar-refractivity contribution is 6.31. The molecule has 1 saturated heterocycles. The summed E-state index contributed by atoms with van der Waals surface area (Å²) in [7, 11) is 0. The van der Waals surface area contributed by atoms with Gasteiger partial charge >= 0.3 is 0 Å². The lowest BCUT2D eigenvalue weighted by atomic mass is 9.99. The molecule has 0 saturated carbocycles.